The van der Waals surface area contributed by atoms with Gasteiger partial charge in [0.1, 0.15) is 11.6 Å². The van der Waals surface area contributed by atoms with Crippen LogP contribution in [-0.4, -0.2) is 21.8 Å². The van der Waals surface area contributed by atoms with E-state index in [0.29, 0.717) is 11.3 Å². The lowest BCUT2D eigenvalue weighted by atomic mass is 10.1. The van der Waals surface area contributed by atoms with Crippen molar-refractivity contribution in [3.63, 3.8) is 0 Å². The highest BCUT2D eigenvalue weighted by Crippen LogP contribution is 2.27. The summed E-state index contributed by atoms with van der Waals surface area (Å²) in [7, 11) is 0. The quantitative estimate of drug-likeness (QED) is 0.577. The zero-order valence-electron chi connectivity index (χ0n) is 15.9. The molecule has 0 radical (unpaired) electrons. The number of rotatable bonds is 6. The first-order valence-electron chi connectivity index (χ1n) is 9.02. The van der Waals surface area contributed by atoms with Gasteiger partial charge in [0.2, 0.25) is 17.8 Å². The van der Waals surface area contributed by atoms with E-state index in [0.717, 1.165) is 6.07 Å². The first kappa shape index (κ1) is 21.3. The van der Waals surface area contributed by atoms with Gasteiger partial charge in [-0.3, -0.25) is 14.5 Å². The number of hydrogen-bond acceptors (Lipinski definition) is 4. The van der Waals surface area contributed by atoms with Gasteiger partial charge in [-0.2, -0.15) is 4.39 Å². The van der Waals surface area contributed by atoms with Gasteiger partial charge in [-0.25, -0.2) is 14.4 Å². The van der Waals surface area contributed by atoms with E-state index in [1.807, 2.05) is 0 Å². The molecule has 154 valence electrons. The van der Waals surface area contributed by atoms with Crippen molar-refractivity contribution in [1.29, 1.82) is 0 Å². The van der Waals surface area contributed by atoms with Gasteiger partial charge in [-0.05, 0) is 23.8 Å². The van der Waals surface area contributed by atoms with Crippen LogP contribution in [0.25, 0.3) is 0 Å². The number of nitrogens with zero attached hydrogens (tertiary/aromatic N) is 3. The second kappa shape index (κ2) is 9.41. The largest absolute Gasteiger partial charge is 0.326 e. The third-order valence-electron chi connectivity index (χ3n) is 4.16. The Hall–Kier alpha value is -3.39. The molecular weight excluding hydrogens is 414 g/mol. The predicted octanol–water partition coefficient (Wildman–Crippen LogP) is 4.66. The van der Waals surface area contributed by atoms with Crippen molar-refractivity contribution in [3.8, 4) is 0 Å². The van der Waals surface area contributed by atoms with Crippen molar-refractivity contribution >= 4 is 40.6 Å². The molecule has 0 spiro atoms. The number of aromatic nitrogens is 2. The molecule has 2 heterocycles. The topological polar surface area (TPSA) is 75.2 Å². The summed E-state index contributed by atoms with van der Waals surface area (Å²) in [6, 6.07) is 9.86. The third-order valence-corrected chi connectivity index (χ3v) is 4.58. The van der Waals surface area contributed by atoms with Crippen molar-refractivity contribution in [2.75, 3.05) is 10.2 Å². The molecule has 1 N–H and O–H groups in total. The van der Waals surface area contributed by atoms with E-state index in [2.05, 4.69) is 15.3 Å². The monoisotopic (exact) mass is 430 g/mol. The highest BCUT2D eigenvalue weighted by Gasteiger charge is 2.19. The summed E-state index contributed by atoms with van der Waals surface area (Å²) in [6.45, 7) is 1.67. The number of halogens is 3. The number of hydrogen-bond donors (Lipinski definition) is 1. The number of carbonyl (C=O) groups is 2. The molecule has 0 saturated carbocycles. The summed E-state index contributed by atoms with van der Waals surface area (Å²) >= 11 is 5.89. The number of pyridine rings is 2. The Balaban J connectivity index is 1.84. The van der Waals surface area contributed by atoms with Crippen LogP contribution in [0.4, 0.5) is 26.0 Å². The van der Waals surface area contributed by atoms with E-state index in [9.17, 15) is 18.4 Å². The predicted molar refractivity (Wildman–Crippen MR) is 110 cm³/mol. The standard InChI is InChI=1S/C21H17ClF2N4O2/c1-2-20(30)28(15-7-9-25-17(24)12-15)18-11-14(6-8-26-18)27-19(29)10-13-4-3-5-16(23)21(13)22/h3-9,11-12H,2,10H2,1H3,(H,26,27,29). The van der Waals surface area contributed by atoms with Gasteiger partial charge in [0.05, 0.1) is 17.1 Å². The van der Waals surface area contributed by atoms with E-state index in [1.165, 1.54) is 47.6 Å². The SMILES string of the molecule is CCC(=O)N(c1ccnc(F)c1)c1cc(NC(=O)Cc2cccc(F)c2Cl)ccn1. The minimum absolute atomic E-state index is 0.109. The lowest BCUT2D eigenvalue weighted by molar-refractivity contribution is -0.117. The maximum absolute atomic E-state index is 13.6. The molecule has 3 rings (SSSR count). The average molecular weight is 431 g/mol. The highest BCUT2D eigenvalue weighted by molar-refractivity contribution is 6.31. The van der Waals surface area contributed by atoms with Crippen molar-refractivity contribution in [3.05, 3.63) is 77.2 Å². The summed E-state index contributed by atoms with van der Waals surface area (Å²) in [5.41, 5.74) is 0.969. The average Bonchev–Trinajstić information content (AvgIpc) is 2.72. The lowest BCUT2D eigenvalue weighted by Gasteiger charge is -2.21. The number of anilines is 3. The maximum atomic E-state index is 13.6. The Morgan fingerprint density at radius 1 is 1.10 bits per heavy atom. The molecule has 0 fully saturated rings. The third kappa shape index (κ3) is 4.96. The van der Waals surface area contributed by atoms with Crippen molar-refractivity contribution in [1.82, 2.24) is 9.97 Å². The van der Waals surface area contributed by atoms with Crippen LogP contribution in [-0.2, 0) is 16.0 Å². The van der Waals surface area contributed by atoms with E-state index in [4.69, 9.17) is 11.6 Å². The van der Waals surface area contributed by atoms with Crippen LogP contribution in [0.2, 0.25) is 5.02 Å². The summed E-state index contributed by atoms with van der Waals surface area (Å²) < 4.78 is 27.1. The highest BCUT2D eigenvalue weighted by atomic mass is 35.5. The molecule has 2 aromatic heterocycles. The molecule has 0 aliphatic heterocycles. The number of benzene rings is 1. The fourth-order valence-corrected chi connectivity index (χ4v) is 2.97. The summed E-state index contributed by atoms with van der Waals surface area (Å²) in [5, 5.41) is 2.56. The minimum Gasteiger partial charge on any atom is -0.326 e. The molecule has 30 heavy (non-hydrogen) atoms. The molecule has 0 atom stereocenters. The molecule has 2 amide bonds. The fraction of sp³-hybridized carbons (Fsp3) is 0.143. The first-order chi connectivity index (χ1) is 14.4. The van der Waals surface area contributed by atoms with Gasteiger partial charge >= 0.3 is 0 Å². The first-order valence-corrected chi connectivity index (χ1v) is 9.40. The van der Waals surface area contributed by atoms with E-state index >= 15 is 0 Å². The van der Waals surface area contributed by atoms with Crippen LogP contribution in [0, 0.1) is 11.8 Å². The number of carbonyl (C=O) groups excluding carboxylic acids is 2. The van der Waals surface area contributed by atoms with Crippen molar-refractivity contribution < 1.29 is 18.4 Å². The molecule has 0 saturated heterocycles. The van der Waals surface area contributed by atoms with Gasteiger partial charge in [-0.15, -0.1) is 0 Å². The van der Waals surface area contributed by atoms with Gasteiger partial charge in [0, 0.05) is 36.6 Å². The van der Waals surface area contributed by atoms with Crippen LogP contribution in [0.3, 0.4) is 0 Å². The second-order valence-corrected chi connectivity index (χ2v) is 6.64. The van der Waals surface area contributed by atoms with Crippen molar-refractivity contribution in [2.24, 2.45) is 0 Å². The van der Waals surface area contributed by atoms with Crippen molar-refractivity contribution in [2.45, 2.75) is 19.8 Å². The molecule has 0 bridgehead atoms. The van der Waals surface area contributed by atoms with Crippen LogP contribution in [0.5, 0.6) is 0 Å². The zero-order valence-corrected chi connectivity index (χ0v) is 16.7. The Morgan fingerprint density at radius 2 is 1.87 bits per heavy atom. The van der Waals surface area contributed by atoms with Gasteiger partial charge in [0.15, 0.2) is 0 Å². The number of nitrogens with one attached hydrogen (secondary N) is 1. The minimum atomic E-state index is -0.738. The molecule has 0 unspecified atom stereocenters. The van der Waals surface area contributed by atoms with Crippen LogP contribution >= 0.6 is 11.6 Å². The Labute approximate surface area is 176 Å². The summed E-state index contributed by atoms with van der Waals surface area (Å²) in [4.78, 5) is 33.8. The van der Waals surface area contributed by atoms with E-state index in [-0.39, 0.29) is 35.3 Å². The van der Waals surface area contributed by atoms with Gasteiger partial charge < -0.3 is 5.32 Å². The summed E-state index contributed by atoms with van der Waals surface area (Å²) in [6.07, 6.45) is 2.67. The van der Waals surface area contributed by atoms with Crippen LogP contribution < -0.4 is 10.2 Å². The van der Waals surface area contributed by atoms with E-state index < -0.39 is 17.7 Å². The Kier molecular flexibility index (Phi) is 6.68. The Morgan fingerprint density at radius 3 is 2.60 bits per heavy atom. The normalized spacial score (nSPS) is 10.5. The summed E-state index contributed by atoms with van der Waals surface area (Å²) in [5.74, 6) is -1.88. The smallest absolute Gasteiger partial charge is 0.232 e. The molecule has 1 aromatic carbocycles. The van der Waals surface area contributed by atoms with E-state index in [1.54, 1.807) is 13.0 Å². The molecule has 0 aliphatic rings. The Bertz CT molecular complexity index is 1090. The molecule has 0 aliphatic carbocycles. The molecular formula is C21H17ClF2N4O2. The lowest BCUT2D eigenvalue weighted by Crippen LogP contribution is -2.26. The molecule has 9 heteroatoms. The zero-order chi connectivity index (χ0) is 21.7. The maximum Gasteiger partial charge on any atom is 0.232 e. The second-order valence-electron chi connectivity index (χ2n) is 6.26. The fourth-order valence-electron chi connectivity index (χ4n) is 2.78. The van der Waals surface area contributed by atoms with Crippen LogP contribution in [0.1, 0.15) is 18.9 Å². The van der Waals surface area contributed by atoms with Gasteiger partial charge in [0.25, 0.3) is 0 Å². The van der Waals surface area contributed by atoms with Crippen LogP contribution in [0.15, 0.2) is 54.9 Å². The number of amides is 2. The molecule has 3 aromatic rings. The molecule has 6 nitrogen and oxygen atoms in total. The van der Waals surface area contributed by atoms with Gasteiger partial charge in [-0.1, -0.05) is 30.7 Å².